The molecule has 1 aliphatic rings. The van der Waals surface area contributed by atoms with E-state index in [0.29, 0.717) is 23.7 Å². The van der Waals surface area contributed by atoms with Crippen molar-refractivity contribution in [3.63, 3.8) is 0 Å². The summed E-state index contributed by atoms with van der Waals surface area (Å²) >= 11 is 7.81. The van der Waals surface area contributed by atoms with Crippen LogP contribution >= 0.6 is 35.8 Å². The molecule has 2 aromatic rings. The van der Waals surface area contributed by atoms with E-state index in [-0.39, 0.29) is 23.7 Å². The van der Waals surface area contributed by atoms with E-state index >= 15 is 0 Å². The Morgan fingerprint density at radius 1 is 1.15 bits per heavy atom. The summed E-state index contributed by atoms with van der Waals surface area (Å²) in [5.41, 5.74) is 1.79. The fraction of sp³-hybridized carbons (Fsp3) is 0.480. The number of carbonyl (C=O) groups is 1. The van der Waals surface area contributed by atoms with Crippen molar-refractivity contribution in [3.8, 4) is 11.5 Å². The van der Waals surface area contributed by atoms with Gasteiger partial charge in [0, 0.05) is 41.0 Å². The molecule has 0 aliphatic carbocycles. The van der Waals surface area contributed by atoms with Crippen molar-refractivity contribution in [2.75, 3.05) is 25.2 Å². The van der Waals surface area contributed by atoms with Gasteiger partial charge in [0.1, 0.15) is 16.9 Å². The fourth-order valence-electron chi connectivity index (χ4n) is 4.14. The molecule has 0 N–H and O–H groups in total. The molecule has 2 aromatic carbocycles. The molecule has 1 atom stereocenters. The summed E-state index contributed by atoms with van der Waals surface area (Å²) in [6, 6.07) is 12.4. The number of carbonyl (C=O) groups excluding carboxylic acids is 1. The van der Waals surface area contributed by atoms with E-state index < -0.39 is 0 Å². The van der Waals surface area contributed by atoms with Crippen LogP contribution < -0.4 is 14.4 Å². The Hall–Kier alpha value is -1.60. The van der Waals surface area contributed by atoms with E-state index in [1.165, 1.54) is 0 Å². The lowest BCUT2D eigenvalue weighted by Crippen LogP contribution is -2.38. The van der Waals surface area contributed by atoms with Crippen LogP contribution in [0.25, 0.3) is 0 Å². The number of rotatable bonds is 9. The summed E-state index contributed by atoms with van der Waals surface area (Å²) in [4.78, 5) is 17.9. The van der Waals surface area contributed by atoms with Crippen LogP contribution in [-0.4, -0.2) is 43.2 Å². The van der Waals surface area contributed by atoms with Crippen molar-refractivity contribution in [3.05, 3.63) is 47.0 Å². The predicted octanol–water partition coefficient (Wildman–Crippen LogP) is 6.82. The molecule has 0 fully saturated rings. The van der Waals surface area contributed by atoms with Crippen LogP contribution in [0.2, 0.25) is 5.02 Å². The van der Waals surface area contributed by atoms with Gasteiger partial charge in [-0.05, 0) is 70.5 Å². The molecule has 182 valence electrons. The number of amides is 1. The zero-order valence-electron chi connectivity index (χ0n) is 20.1. The van der Waals surface area contributed by atoms with E-state index in [1.807, 2.05) is 36.4 Å². The van der Waals surface area contributed by atoms with Gasteiger partial charge in [0.05, 0.1) is 19.4 Å². The molecule has 8 heteroatoms. The van der Waals surface area contributed by atoms with Crippen LogP contribution in [-0.2, 0) is 4.79 Å². The Bertz CT molecular complexity index is 947. The summed E-state index contributed by atoms with van der Waals surface area (Å²) < 4.78 is 11.7. The smallest absolute Gasteiger partial charge is 0.225 e. The van der Waals surface area contributed by atoms with E-state index in [4.69, 9.17) is 21.1 Å². The Morgan fingerprint density at radius 2 is 1.85 bits per heavy atom. The molecule has 3 rings (SSSR count). The minimum absolute atomic E-state index is 0. The van der Waals surface area contributed by atoms with Crippen LogP contribution in [0.5, 0.6) is 11.5 Å². The van der Waals surface area contributed by atoms with Crippen LogP contribution in [0.3, 0.4) is 0 Å². The van der Waals surface area contributed by atoms with Crippen molar-refractivity contribution < 1.29 is 14.3 Å². The molecule has 0 spiro atoms. The zero-order chi connectivity index (χ0) is 23.4. The van der Waals surface area contributed by atoms with Gasteiger partial charge in [-0.25, -0.2) is 0 Å². The Balaban J connectivity index is 0.00000385. The highest BCUT2D eigenvalue weighted by molar-refractivity contribution is 8.00. The van der Waals surface area contributed by atoms with Gasteiger partial charge >= 0.3 is 0 Å². The minimum Gasteiger partial charge on any atom is -0.497 e. The number of fused-ring (bicyclic) bond motifs is 1. The van der Waals surface area contributed by atoms with Crippen LogP contribution in [0.1, 0.15) is 52.0 Å². The lowest BCUT2D eigenvalue weighted by Gasteiger charge is -2.30. The third-order valence-corrected chi connectivity index (χ3v) is 7.13. The number of anilines is 1. The van der Waals surface area contributed by atoms with Gasteiger partial charge in [0.2, 0.25) is 5.91 Å². The topological polar surface area (TPSA) is 42.0 Å². The predicted molar refractivity (Wildman–Crippen MR) is 141 cm³/mol. The van der Waals surface area contributed by atoms with Crippen LogP contribution in [0.4, 0.5) is 5.69 Å². The summed E-state index contributed by atoms with van der Waals surface area (Å²) in [6.07, 6.45) is 0.923. The second-order valence-corrected chi connectivity index (χ2v) is 10.1. The Labute approximate surface area is 213 Å². The van der Waals surface area contributed by atoms with Gasteiger partial charge in [-0.15, -0.1) is 12.4 Å². The first-order valence-corrected chi connectivity index (χ1v) is 12.3. The van der Waals surface area contributed by atoms with Crippen molar-refractivity contribution >= 4 is 47.4 Å². The highest BCUT2D eigenvalue weighted by Crippen LogP contribution is 2.54. The van der Waals surface area contributed by atoms with Crippen molar-refractivity contribution in [2.24, 2.45) is 0 Å². The maximum Gasteiger partial charge on any atom is 0.225 e. The summed E-state index contributed by atoms with van der Waals surface area (Å²) in [5.74, 6) is 1.48. The molecule has 0 saturated heterocycles. The minimum atomic E-state index is -0.242. The lowest BCUT2D eigenvalue weighted by atomic mass is 10.1. The third kappa shape index (κ3) is 6.50. The molecule has 0 saturated carbocycles. The van der Waals surface area contributed by atoms with Gasteiger partial charge in [0.15, 0.2) is 0 Å². The van der Waals surface area contributed by atoms with Gasteiger partial charge in [-0.1, -0.05) is 23.4 Å². The van der Waals surface area contributed by atoms with Gasteiger partial charge in [0.25, 0.3) is 0 Å². The Kier molecular flexibility index (Phi) is 10.2. The largest absolute Gasteiger partial charge is 0.497 e. The number of hydrogen-bond acceptors (Lipinski definition) is 5. The van der Waals surface area contributed by atoms with E-state index in [9.17, 15) is 4.79 Å². The zero-order valence-corrected chi connectivity index (χ0v) is 22.5. The quantitative estimate of drug-likeness (QED) is 0.345. The van der Waals surface area contributed by atoms with E-state index in [1.54, 1.807) is 30.7 Å². The number of thioether (sulfide) groups is 1. The van der Waals surface area contributed by atoms with Crippen molar-refractivity contribution in [2.45, 2.75) is 63.4 Å². The van der Waals surface area contributed by atoms with Crippen molar-refractivity contribution in [1.29, 1.82) is 0 Å². The molecule has 1 amide bonds. The number of nitrogens with zero attached hydrogens (tertiary/aromatic N) is 2. The first-order valence-electron chi connectivity index (χ1n) is 11.1. The molecule has 0 bridgehead atoms. The molecule has 0 radical (unpaired) electrons. The molecule has 5 nitrogen and oxygen atoms in total. The van der Waals surface area contributed by atoms with Crippen LogP contribution in [0, 0.1) is 0 Å². The third-order valence-electron chi connectivity index (χ3n) is 5.62. The summed E-state index contributed by atoms with van der Waals surface area (Å²) in [7, 11) is 1.64. The first-order chi connectivity index (χ1) is 15.2. The number of halogens is 2. The van der Waals surface area contributed by atoms with Crippen LogP contribution in [0.15, 0.2) is 41.3 Å². The molecule has 33 heavy (non-hydrogen) atoms. The SMILES string of the molecule is COc1ccc(OCCCN(C(C)C)C(C)C)c(C2Sc3cc(Cl)ccc3N2C(C)=O)c1.Cl. The molecular formula is C25H34Cl2N2O3S. The lowest BCUT2D eigenvalue weighted by molar-refractivity contribution is -0.116. The highest BCUT2D eigenvalue weighted by atomic mass is 35.5. The molecule has 1 unspecified atom stereocenters. The van der Waals surface area contributed by atoms with E-state index in [2.05, 4.69) is 32.6 Å². The van der Waals surface area contributed by atoms with Gasteiger partial charge in [-0.2, -0.15) is 0 Å². The average molecular weight is 514 g/mol. The normalized spacial score (nSPS) is 15.1. The Morgan fingerprint density at radius 3 is 2.45 bits per heavy atom. The number of hydrogen-bond donors (Lipinski definition) is 0. The molecule has 1 heterocycles. The highest BCUT2D eigenvalue weighted by Gasteiger charge is 2.36. The van der Waals surface area contributed by atoms with Gasteiger partial charge in [-0.3, -0.25) is 14.6 Å². The number of methoxy groups -OCH3 is 1. The fourth-order valence-corrected chi connectivity index (χ4v) is 5.78. The molecule has 1 aliphatic heterocycles. The first kappa shape index (κ1) is 27.6. The monoisotopic (exact) mass is 512 g/mol. The number of ether oxygens (including phenoxy) is 2. The maximum atomic E-state index is 12.6. The standard InChI is InChI=1S/C25H33ClN2O3S.ClH/c1-16(2)27(17(3)4)12-7-13-31-23-11-9-20(30-6)15-21(23)25-28(18(5)29)22-10-8-19(26)14-24(22)32-25;/h8-11,14-17,25H,7,12-13H2,1-6H3;1H. The maximum absolute atomic E-state index is 12.6. The summed E-state index contributed by atoms with van der Waals surface area (Å²) in [5, 5.41) is 0.413. The summed E-state index contributed by atoms with van der Waals surface area (Å²) in [6.45, 7) is 12.1. The second kappa shape index (κ2) is 12.2. The van der Waals surface area contributed by atoms with E-state index in [0.717, 1.165) is 40.6 Å². The number of benzene rings is 2. The van der Waals surface area contributed by atoms with Gasteiger partial charge < -0.3 is 9.47 Å². The molecule has 0 aromatic heterocycles. The second-order valence-electron chi connectivity index (χ2n) is 8.50. The van der Waals surface area contributed by atoms with Crippen molar-refractivity contribution in [1.82, 2.24) is 4.90 Å². The molecular weight excluding hydrogens is 479 g/mol. The average Bonchev–Trinajstić information content (AvgIpc) is 3.11.